The van der Waals surface area contributed by atoms with Gasteiger partial charge in [0, 0.05) is 31.7 Å². The average molecular weight is 441 g/mol. The summed E-state index contributed by atoms with van der Waals surface area (Å²) in [6.07, 6.45) is 2.75. The van der Waals surface area contributed by atoms with Gasteiger partial charge in [-0.3, -0.25) is 4.79 Å². The number of carbonyl (C=O) groups is 1. The molecule has 2 heterocycles. The predicted molar refractivity (Wildman–Crippen MR) is 114 cm³/mol. The first-order valence-electron chi connectivity index (χ1n) is 10.5. The van der Waals surface area contributed by atoms with Gasteiger partial charge >= 0.3 is 0 Å². The minimum atomic E-state index is -2.96. The molecule has 2 aliphatic heterocycles. The summed E-state index contributed by atoms with van der Waals surface area (Å²) in [7, 11) is -2.96. The van der Waals surface area contributed by atoms with Crippen LogP contribution in [0.3, 0.4) is 0 Å². The van der Waals surface area contributed by atoms with Gasteiger partial charge in [-0.25, -0.2) is 8.42 Å². The van der Waals surface area contributed by atoms with Crippen molar-refractivity contribution < 1.29 is 27.8 Å². The molecule has 3 rings (SSSR count). The maximum atomic E-state index is 12.8. The Morgan fingerprint density at radius 2 is 2.07 bits per heavy atom. The molecule has 1 saturated heterocycles. The molecule has 1 amide bonds. The number of rotatable bonds is 7. The Morgan fingerprint density at radius 3 is 2.80 bits per heavy atom. The summed E-state index contributed by atoms with van der Waals surface area (Å²) in [5.41, 5.74) is 1.38. The van der Waals surface area contributed by atoms with Gasteiger partial charge < -0.3 is 24.8 Å². The van der Waals surface area contributed by atoms with Gasteiger partial charge in [-0.2, -0.15) is 0 Å². The highest BCUT2D eigenvalue weighted by Gasteiger charge is 2.29. The van der Waals surface area contributed by atoms with E-state index in [1.54, 1.807) is 6.07 Å². The molecule has 1 aromatic carbocycles. The van der Waals surface area contributed by atoms with Crippen LogP contribution in [0, 0.1) is 12.8 Å². The molecule has 0 aliphatic carbocycles. The number of ether oxygens (including phenoxy) is 2. The maximum absolute atomic E-state index is 12.8. The number of piperidine rings is 1. The lowest BCUT2D eigenvalue weighted by molar-refractivity contribution is 0.0223. The van der Waals surface area contributed by atoms with Crippen LogP contribution in [0.5, 0.6) is 11.5 Å². The van der Waals surface area contributed by atoms with Crippen LogP contribution in [-0.4, -0.2) is 81.8 Å². The van der Waals surface area contributed by atoms with Crippen molar-refractivity contribution in [1.29, 1.82) is 0 Å². The Morgan fingerprint density at radius 1 is 1.30 bits per heavy atom. The molecule has 0 bridgehead atoms. The van der Waals surface area contributed by atoms with E-state index in [4.69, 9.17) is 9.47 Å². The molecule has 30 heavy (non-hydrogen) atoms. The van der Waals surface area contributed by atoms with Crippen molar-refractivity contribution in [1.82, 2.24) is 10.2 Å². The number of aliphatic hydroxyl groups excluding tert-OH is 1. The number of β-amino-alcohol motifs (C(OH)–C–C–N with tert-alkyl or cyclic N) is 1. The SMILES string of the molecule is Cc1cc2c(c(C(=O)NC[C@@H]3CCN(CCCS(C)(=O)=O)C[C@H]3O)c1)OCCCO2. The second-order valence-electron chi connectivity index (χ2n) is 8.30. The van der Waals surface area contributed by atoms with Gasteiger partial charge in [0.25, 0.3) is 5.91 Å². The highest BCUT2D eigenvalue weighted by molar-refractivity contribution is 7.90. The van der Waals surface area contributed by atoms with Crippen molar-refractivity contribution in [3.05, 3.63) is 23.3 Å². The minimum absolute atomic E-state index is 0.0410. The van der Waals surface area contributed by atoms with E-state index in [0.29, 0.717) is 56.3 Å². The number of nitrogens with zero attached hydrogens (tertiary/aromatic N) is 1. The van der Waals surface area contributed by atoms with E-state index in [-0.39, 0.29) is 17.6 Å². The van der Waals surface area contributed by atoms with Crippen LogP contribution in [0.15, 0.2) is 12.1 Å². The van der Waals surface area contributed by atoms with Gasteiger partial charge in [0.1, 0.15) is 9.84 Å². The smallest absolute Gasteiger partial charge is 0.255 e. The zero-order chi connectivity index (χ0) is 21.7. The Balaban J connectivity index is 1.53. The monoisotopic (exact) mass is 440 g/mol. The van der Waals surface area contributed by atoms with Gasteiger partial charge in [0.05, 0.1) is 30.6 Å². The number of benzene rings is 1. The third kappa shape index (κ3) is 6.33. The molecule has 0 spiro atoms. The number of hydrogen-bond donors (Lipinski definition) is 2. The quantitative estimate of drug-likeness (QED) is 0.652. The fourth-order valence-electron chi connectivity index (χ4n) is 3.94. The van der Waals surface area contributed by atoms with E-state index >= 15 is 0 Å². The number of sulfone groups is 1. The third-order valence-corrected chi connectivity index (χ3v) is 6.59. The molecule has 0 unspecified atom stereocenters. The molecule has 8 nitrogen and oxygen atoms in total. The summed E-state index contributed by atoms with van der Waals surface area (Å²) < 4.78 is 34.0. The standard InChI is InChI=1S/C21H32N2O6S/c1-15-11-17(20-19(12-15)28-8-4-9-29-20)21(25)22-13-16-5-7-23(14-18(16)24)6-3-10-30(2,26)27/h11-12,16,18,24H,3-10,13-14H2,1-2H3,(H,22,25)/t16-,18+/m0/s1. The van der Waals surface area contributed by atoms with Crippen molar-refractivity contribution in [2.24, 2.45) is 5.92 Å². The van der Waals surface area contributed by atoms with Crippen molar-refractivity contribution in [3.63, 3.8) is 0 Å². The lowest BCUT2D eigenvalue weighted by atomic mass is 9.93. The summed E-state index contributed by atoms with van der Waals surface area (Å²) in [6.45, 7) is 5.27. The van der Waals surface area contributed by atoms with Crippen molar-refractivity contribution in [2.45, 2.75) is 32.3 Å². The topological polar surface area (TPSA) is 105 Å². The predicted octanol–water partition coefficient (Wildman–Crippen LogP) is 1.00. The average Bonchev–Trinajstić information content (AvgIpc) is 2.90. The molecule has 9 heteroatoms. The number of amides is 1. The zero-order valence-electron chi connectivity index (χ0n) is 17.7. The van der Waals surface area contributed by atoms with E-state index in [1.807, 2.05) is 13.0 Å². The van der Waals surface area contributed by atoms with Crippen molar-refractivity contribution in [2.75, 3.05) is 51.4 Å². The van der Waals surface area contributed by atoms with Crippen LogP contribution >= 0.6 is 0 Å². The fourth-order valence-corrected chi connectivity index (χ4v) is 4.59. The zero-order valence-corrected chi connectivity index (χ0v) is 18.5. The molecule has 0 radical (unpaired) electrons. The summed E-state index contributed by atoms with van der Waals surface area (Å²) in [5, 5.41) is 13.4. The van der Waals surface area contributed by atoms with Gasteiger partial charge in [-0.05, 0) is 50.6 Å². The van der Waals surface area contributed by atoms with Gasteiger partial charge in [-0.1, -0.05) is 0 Å². The number of likely N-dealkylation sites (tertiary alicyclic amines) is 1. The van der Waals surface area contributed by atoms with Crippen LogP contribution in [-0.2, 0) is 9.84 Å². The van der Waals surface area contributed by atoms with Crippen LogP contribution in [0.1, 0.15) is 35.2 Å². The van der Waals surface area contributed by atoms with E-state index in [9.17, 15) is 18.3 Å². The highest BCUT2D eigenvalue weighted by Crippen LogP contribution is 2.34. The number of nitrogens with one attached hydrogen (secondary N) is 1. The summed E-state index contributed by atoms with van der Waals surface area (Å²) in [6, 6.07) is 3.67. The molecule has 0 aromatic heterocycles. The Labute approximate surface area is 178 Å². The molecule has 168 valence electrons. The Bertz CT molecular complexity index is 857. The summed E-state index contributed by atoms with van der Waals surface area (Å²) >= 11 is 0. The third-order valence-electron chi connectivity index (χ3n) is 5.56. The molecule has 2 aliphatic rings. The largest absolute Gasteiger partial charge is 0.490 e. The van der Waals surface area contributed by atoms with Crippen LogP contribution in [0.4, 0.5) is 0 Å². The second kappa shape index (κ2) is 9.98. The minimum Gasteiger partial charge on any atom is -0.490 e. The molecular weight excluding hydrogens is 408 g/mol. The molecule has 1 fully saturated rings. The van der Waals surface area contributed by atoms with Gasteiger partial charge in [0.2, 0.25) is 0 Å². The second-order valence-corrected chi connectivity index (χ2v) is 10.6. The lowest BCUT2D eigenvalue weighted by Gasteiger charge is -2.36. The Kier molecular flexibility index (Phi) is 7.60. The van der Waals surface area contributed by atoms with E-state index in [0.717, 1.165) is 24.9 Å². The summed E-state index contributed by atoms with van der Waals surface area (Å²) in [5.74, 6) is 0.965. The normalized spacial score (nSPS) is 22.4. The van der Waals surface area contributed by atoms with Gasteiger partial charge in [-0.15, -0.1) is 0 Å². The van der Waals surface area contributed by atoms with Crippen LogP contribution in [0.25, 0.3) is 0 Å². The van der Waals surface area contributed by atoms with E-state index in [2.05, 4.69) is 10.2 Å². The fraction of sp³-hybridized carbons (Fsp3) is 0.667. The van der Waals surface area contributed by atoms with Crippen LogP contribution < -0.4 is 14.8 Å². The Hall–Kier alpha value is -1.84. The summed E-state index contributed by atoms with van der Waals surface area (Å²) in [4.78, 5) is 14.9. The molecule has 2 atom stereocenters. The number of aryl methyl sites for hydroxylation is 1. The van der Waals surface area contributed by atoms with Crippen molar-refractivity contribution >= 4 is 15.7 Å². The van der Waals surface area contributed by atoms with Gasteiger partial charge in [0.15, 0.2) is 11.5 Å². The molecule has 0 saturated carbocycles. The maximum Gasteiger partial charge on any atom is 0.255 e. The lowest BCUT2D eigenvalue weighted by Crippen LogP contribution is -2.48. The number of hydrogen-bond acceptors (Lipinski definition) is 7. The number of carbonyl (C=O) groups excluding carboxylic acids is 1. The first-order chi connectivity index (χ1) is 14.2. The molecule has 2 N–H and O–H groups in total. The first kappa shape index (κ1) is 22.8. The number of fused-ring (bicyclic) bond motifs is 1. The van der Waals surface area contributed by atoms with Crippen LogP contribution in [0.2, 0.25) is 0 Å². The van der Waals surface area contributed by atoms with Crippen molar-refractivity contribution in [3.8, 4) is 11.5 Å². The molecular formula is C21H32N2O6S. The molecule has 1 aromatic rings. The van der Waals surface area contributed by atoms with E-state index < -0.39 is 15.9 Å². The number of aliphatic hydroxyl groups is 1. The highest BCUT2D eigenvalue weighted by atomic mass is 32.2. The van der Waals surface area contributed by atoms with E-state index in [1.165, 1.54) is 6.26 Å². The first-order valence-corrected chi connectivity index (χ1v) is 12.6.